The molecule has 0 radical (unpaired) electrons. The van der Waals surface area contributed by atoms with Gasteiger partial charge in [0.25, 0.3) is 0 Å². The van der Waals surface area contributed by atoms with Gasteiger partial charge in [-0.2, -0.15) is 0 Å². The third-order valence-corrected chi connectivity index (χ3v) is 4.22. The van der Waals surface area contributed by atoms with Crippen molar-refractivity contribution in [1.29, 1.82) is 0 Å². The molecule has 0 saturated carbocycles. The smallest absolute Gasteiger partial charge is 0.216 e. The minimum absolute atomic E-state index is 0.0960. The Morgan fingerprint density at radius 1 is 1.28 bits per heavy atom. The number of rotatable bonds is 5. The summed E-state index contributed by atoms with van der Waals surface area (Å²) in [5, 5.41) is 2.93. The summed E-state index contributed by atoms with van der Waals surface area (Å²) >= 11 is 0. The fraction of sp³-hybridized carbons (Fsp3) is 0.929. The minimum atomic E-state index is 0.0960. The predicted octanol–water partition coefficient (Wildman–Crippen LogP) is 1.26. The van der Waals surface area contributed by atoms with E-state index >= 15 is 0 Å². The van der Waals surface area contributed by atoms with Gasteiger partial charge in [-0.3, -0.25) is 4.79 Å². The number of hydrogen-bond donors (Lipinski definition) is 1. The van der Waals surface area contributed by atoms with Crippen LogP contribution in [0.5, 0.6) is 0 Å². The molecule has 1 amide bonds. The molecule has 0 unspecified atom stereocenters. The summed E-state index contributed by atoms with van der Waals surface area (Å²) in [6.45, 7) is 8.00. The highest BCUT2D eigenvalue weighted by atomic mass is 16.5. The van der Waals surface area contributed by atoms with Crippen LogP contribution in [0, 0.1) is 11.8 Å². The van der Waals surface area contributed by atoms with Crippen LogP contribution in [-0.4, -0.2) is 50.2 Å². The van der Waals surface area contributed by atoms with Crippen molar-refractivity contribution in [3.8, 4) is 0 Å². The van der Waals surface area contributed by atoms with Crippen LogP contribution in [0.2, 0.25) is 0 Å². The standard InChI is InChI=1S/C14H26N2O2/c1-12(17)15-10-13-2-6-16(7-3-13)8-4-14-5-9-18-11-14/h13-14H,2-11H2,1H3,(H,15,17)/t14-/m1/s1. The lowest BCUT2D eigenvalue weighted by molar-refractivity contribution is -0.119. The number of carbonyl (C=O) groups is 1. The molecule has 4 nitrogen and oxygen atoms in total. The maximum atomic E-state index is 10.9. The van der Waals surface area contributed by atoms with E-state index in [-0.39, 0.29) is 5.91 Å². The number of nitrogens with one attached hydrogen (secondary N) is 1. The Morgan fingerprint density at radius 2 is 2.06 bits per heavy atom. The fourth-order valence-corrected chi connectivity index (χ4v) is 2.88. The molecule has 0 aromatic heterocycles. The lowest BCUT2D eigenvalue weighted by Crippen LogP contribution is -2.39. The number of piperidine rings is 1. The molecule has 0 bridgehead atoms. The Balaban J connectivity index is 1.56. The third kappa shape index (κ3) is 4.58. The van der Waals surface area contributed by atoms with Crippen LogP contribution in [0.15, 0.2) is 0 Å². The zero-order chi connectivity index (χ0) is 12.8. The summed E-state index contributed by atoms with van der Waals surface area (Å²) in [6.07, 6.45) is 4.98. The van der Waals surface area contributed by atoms with Gasteiger partial charge >= 0.3 is 0 Å². The van der Waals surface area contributed by atoms with E-state index in [2.05, 4.69) is 10.2 Å². The highest BCUT2D eigenvalue weighted by molar-refractivity contribution is 5.72. The van der Waals surface area contributed by atoms with Crippen molar-refractivity contribution in [3.63, 3.8) is 0 Å². The molecule has 2 aliphatic heterocycles. The van der Waals surface area contributed by atoms with Crippen molar-refractivity contribution in [3.05, 3.63) is 0 Å². The largest absolute Gasteiger partial charge is 0.381 e. The van der Waals surface area contributed by atoms with Crippen molar-refractivity contribution in [2.24, 2.45) is 11.8 Å². The number of nitrogens with zero attached hydrogens (tertiary/aromatic N) is 1. The third-order valence-electron chi connectivity index (χ3n) is 4.22. The van der Waals surface area contributed by atoms with Crippen molar-refractivity contribution >= 4 is 5.91 Å². The molecule has 2 fully saturated rings. The van der Waals surface area contributed by atoms with Gasteiger partial charge in [0.05, 0.1) is 0 Å². The molecule has 2 rings (SSSR count). The van der Waals surface area contributed by atoms with Gasteiger partial charge in [0.15, 0.2) is 0 Å². The van der Waals surface area contributed by atoms with Crippen molar-refractivity contribution < 1.29 is 9.53 Å². The normalized spacial score (nSPS) is 26.4. The Kier molecular flexibility index (Phi) is 5.45. The molecule has 0 aliphatic carbocycles. The predicted molar refractivity (Wildman–Crippen MR) is 71.4 cm³/mol. The molecular weight excluding hydrogens is 228 g/mol. The summed E-state index contributed by atoms with van der Waals surface area (Å²) in [5.41, 5.74) is 0. The molecule has 0 aromatic rings. The van der Waals surface area contributed by atoms with Gasteiger partial charge in [-0.05, 0) is 57.2 Å². The van der Waals surface area contributed by atoms with Gasteiger partial charge in [0.1, 0.15) is 0 Å². The molecule has 4 heteroatoms. The molecule has 0 aromatic carbocycles. The SMILES string of the molecule is CC(=O)NCC1CCN(CC[C@@H]2CCOC2)CC1. The second kappa shape index (κ2) is 7.10. The van der Waals surface area contributed by atoms with E-state index in [1.54, 1.807) is 6.92 Å². The van der Waals surface area contributed by atoms with Gasteiger partial charge < -0.3 is 15.0 Å². The Hall–Kier alpha value is -0.610. The minimum Gasteiger partial charge on any atom is -0.381 e. The average Bonchev–Trinajstić information content (AvgIpc) is 2.88. The zero-order valence-electron chi connectivity index (χ0n) is 11.5. The van der Waals surface area contributed by atoms with E-state index in [9.17, 15) is 4.79 Å². The van der Waals surface area contributed by atoms with Crippen molar-refractivity contribution in [2.45, 2.75) is 32.6 Å². The fourth-order valence-electron chi connectivity index (χ4n) is 2.88. The number of carbonyl (C=O) groups excluding carboxylic acids is 1. The number of likely N-dealkylation sites (tertiary alicyclic amines) is 1. The Morgan fingerprint density at radius 3 is 2.67 bits per heavy atom. The lowest BCUT2D eigenvalue weighted by Gasteiger charge is -2.32. The van der Waals surface area contributed by atoms with E-state index in [4.69, 9.17) is 4.74 Å². The number of hydrogen-bond acceptors (Lipinski definition) is 3. The highest BCUT2D eigenvalue weighted by Gasteiger charge is 2.21. The molecule has 1 N–H and O–H groups in total. The quantitative estimate of drug-likeness (QED) is 0.803. The molecule has 0 spiro atoms. The molecule has 1 atom stereocenters. The van der Waals surface area contributed by atoms with E-state index in [0.29, 0.717) is 5.92 Å². The van der Waals surface area contributed by atoms with Crippen LogP contribution in [0.3, 0.4) is 0 Å². The second-order valence-corrected chi connectivity index (χ2v) is 5.74. The maximum absolute atomic E-state index is 10.9. The number of amides is 1. The maximum Gasteiger partial charge on any atom is 0.216 e. The van der Waals surface area contributed by atoms with E-state index in [1.807, 2.05) is 0 Å². The molecule has 2 saturated heterocycles. The first kappa shape index (κ1) is 13.8. The summed E-state index contributed by atoms with van der Waals surface area (Å²) < 4.78 is 5.41. The van der Waals surface area contributed by atoms with E-state index in [0.717, 1.165) is 25.7 Å². The first-order valence-electron chi connectivity index (χ1n) is 7.28. The number of ether oxygens (including phenoxy) is 1. The topological polar surface area (TPSA) is 41.6 Å². The molecular formula is C14H26N2O2. The van der Waals surface area contributed by atoms with Gasteiger partial charge in [-0.25, -0.2) is 0 Å². The van der Waals surface area contributed by atoms with Crippen LogP contribution in [0.1, 0.15) is 32.6 Å². The lowest BCUT2D eigenvalue weighted by atomic mass is 9.96. The Bertz CT molecular complexity index is 257. The van der Waals surface area contributed by atoms with Gasteiger partial charge in [-0.1, -0.05) is 0 Å². The van der Waals surface area contributed by atoms with Crippen LogP contribution >= 0.6 is 0 Å². The monoisotopic (exact) mass is 254 g/mol. The first-order chi connectivity index (χ1) is 8.74. The van der Waals surface area contributed by atoms with Crippen LogP contribution in [0.4, 0.5) is 0 Å². The second-order valence-electron chi connectivity index (χ2n) is 5.74. The zero-order valence-corrected chi connectivity index (χ0v) is 11.5. The molecule has 2 heterocycles. The van der Waals surface area contributed by atoms with Crippen molar-refractivity contribution in [1.82, 2.24) is 10.2 Å². The van der Waals surface area contributed by atoms with Crippen LogP contribution in [-0.2, 0) is 9.53 Å². The molecule has 104 valence electrons. The molecule has 2 aliphatic rings. The van der Waals surface area contributed by atoms with Crippen LogP contribution < -0.4 is 5.32 Å². The average molecular weight is 254 g/mol. The van der Waals surface area contributed by atoms with E-state index < -0.39 is 0 Å². The highest BCUT2D eigenvalue weighted by Crippen LogP contribution is 2.20. The van der Waals surface area contributed by atoms with E-state index in [1.165, 1.54) is 45.3 Å². The van der Waals surface area contributed by atoms with Gasteiger partial charge in [0, 0.05) is 26.7 Å². The van der Waals surface area contributed by atoms with Crippen molar-refractivity contribution in [2.75, 3.05) is 39.4 Å². The summed E-state index contributed by atoms with van der Waals surface area (Å²) in [6, 6.07) is 0. The summed E-state index contributed by atoms with van der Waals surface area (Å²) in [5.74, 6) is 1.57. The summed E-state index contributed by atoms with van der Waals surface area (Å²) in [7, 11) is 0. The Labute approximate surface area is 110 Å². The van der Waals surface area contributed by atoms with Crippen LogP contribution in [0.25, 0.3) is 0 Å². The van der Waals surface area contributed by atoms with Gasteiger partial charge in [0.2, 0.25) is 5.91 Å². The first-order valence-corrected chi connectivity index (χ1v) is 7.28. The summed E-state index contributed by atoms with van der Waals surface area (Å²) in [4.78, 5) is 13.4. The van der Waals surface area contributed by atoms with Gasteiger partial charge in [-0.15, -0.1) is 0 Å². The molecule has 18 heavy (non-hydrogen) atoms.